The van der Waals surface area contributed by atoms with Gasteiger partial charge in [-0.3, -0.25) is 0 Å². The normalized spacial score (nSPS) is 40.1. The number of piperidine rings is 2. The van der Waals surface area contributed by atoms with Gasteiger partial charge >= 0.3 is 0 Å². The molecule has 0 amide bonds. The molecule has 2 aliphatic rings. The fourth-order valence-electron chi connectivity index (χ4n) is 2.48. The zero-order valence-electron chi connectivity index (χ0n) is 7.34. The Hall–Kier alpha value is -0.0800. The topological polar surface area (TPSA) is 15.3 Å². The van der Waals surface area contributed by atoms with E-state index in [0.29, 0.717) is 0 Å². The van der Waals surface area contributed by atoms with Crippen LogP contribution in [0.25, 0.3) is 0 Å². The number of likely N-dealkylation sites (N-methyl/N-ethyl adjacent to an activating group) is 1. The van der Waals surface area contributed by atoms with Crippen LogP contribution in [0.5, 0.6) is 0 Å². The molecule has 64 valence electrons. The summed E-state index contributed by atoms with van der Waals surface area (Å²) in [4.78, 5) is 2.53. The second-order valence-electron chi connectivity index (χ2n) is 3.89. The minimum absolute atomic E-state index is 0.808. The zero-order chi connectivity index (χ0) is 7.68. The SMILES string of the molecule is CN1CCC[C@H]2NCCC[C@H]21. The zero-order valence-corrected chi connectivity index (χ0v) is 7.34. The summed E-state index contributed by atoms with van der Waals surface area (Å²) in [5, 5.41) is 3.61. The first-order chi connectivity index (χ1) is 5.38. The number of likely N-dealkylation sites (tertiary alicyclic amines) is 1. The van der Waals surface area contributed by atoms with Gasteiger partial charge in [0.25, 0.3) is 0 Å². The number of nitrogens with one attached hydrogen (secondary N) is 1. The number of nitrogens with zero attached hydrogens (tertiary/aromatic N) is 1. The first-order valence-electron chi connectivity index (χ1n) is 4.81. The third-order valence-corrected chi connectivity index (χ3v) is 3.14. The van der Waals surface area contributed by atoms with E-state index in [2.05, 4.69) is 17.3 Å². The summed E-state index contributed by atoms with van der Waals surface area (Å²) in [6, 6.07) is 1.65. The summed E-state index contributed by atoms with van der Waals surface area (Å²) < 4.78 is 0. The van der Waals surface area contributed by atoms with Crippen molar-refractivity contribution in [3.63, 3.8) is 0 Å². The van der Waals surface area contributed by atoms with Crippen molar-refractivity contribution in [3.05, 3.63) is 0 Å². The Balaban J connectivity index is 1.99. The maximum absolute atomic E-state index is 3.61. The smallest absolute Gasteiger partial charge is 0.0246 e. The van der Waals surface area contributed by atoms with Gasteiger partial charge in [-0.1, -0.05) is 0 Å². The van der Waals surface area contributed by atoms with Crippen LogP contribution in [0.2, 0.25) is 0 Å². The van der Waals surface area contributed by atoms with E-state index in [4.69, 9.17) is 0 Å². The summed E-state index contributed by atoms with van der Waals surface area (Å²) in [6.45, 7) is 2.55. The third kappa shape index (κ3) is 1.42. The van der Waals surface area contributed by atoms with Gasteiger partial charge in [-0.05, 0) is 45.8 Å². The molecule has 2 rings (SSSR count). The van der Waals surface area contributed by atoms with Gasteiger partial charge in [0.2, 0.25) is 0 Å². The van der Waals surface area contributed by atoms with Crippen molar-refractivity contribution in [3.8, 4) is 0 Å². The maximum atomic E-state index is 3.61. The summed E-state index contributed by atoms with van der Waals surface area (Å²) in [7, 11) is 2.27. The molecule has 2 aliphatic heterocycles. The number of hydrogen-bond donors (Lipinski definition) is 1. The Morgan fingerprint density at radius 2 is 2.18 bits per heavy atom. The Bertz CT molecular complexity index is 134. The van der Waals surface area contributed by atoms with Crippen LogP contribution in [-0.2, 0) is 0 Å². The van der Waals surface area contributed by atoms with Crippen LogP contribution >= 0.6 is 0 Å². The standard InChI is InChI=1S/C9H18N2/c1-11-7-3-4-8-9(11)5-2-6-10-8/h8-10H,2-7H2,1H3/t8-,9-/m1/s1. The highest BCUT2D eigenvalue weighted by Crippen LogP contribution is 2.22. The lowest BCUT2D eigenvalue weighted by Gasteiger charge is -2.42. The fraction of sp³-hybridized carbons (Fsp3) is 1.00. The van der Waals surface area contributed by atoms with Crippen molar-refractivity contribution in [1.82, 2.24) is 10.2 Å². The molecule has 0 radical (unpaired) electrons. The number of hydrogen-bond acceptors (Lipinski definition) is 2. The second kappa shape index (κ2) is 3.11. The van der Waals surface area contributed by atoms with Gasteiger partial charge in [-0.2, -0.15) is 0 Å². The van der Waals surface area contributed by atoms with Crippen LogP contribution in [0.4, 0.5) is 0 Å². The molecule has 0 unspecified atom stereocenters. The van der Waals surface area contributed by atoms with E-state index in [1.165, 1.54) is 38.8 Å². The molecule has 2 saturated heterocycles. The van der Waals surface area contributed by atoms with Crippen LogP contribution in [0.15, 0.2) is 0 Å². The lowest BCUT2D eigenvalue weighted by Crippen LogP contribution is -2.55. The Morgan fingerprint density at radius 3 is 3.00 bits per heavy atom. The Morgan fingerprint density at radius 1 is 1.27 bits per heavy atom. The van der Waals surface area contributed by atoms with Crippen LogP contribution < -0.4 is 5.32 Å². The van der Waals surface area contributed by atoms with Crippen molar-refractivity contribution < 1.29 is 0 Å². The summed E-state index contributed by atoms with van der Waals surface area (Å²) in [6.07, 6.45) is 5.55. The van der Waals surface area contributed by atoms with Crippen LogP contribution in [0, 0.1) is 0 Å². The molecule has 0 aromatic carbocycles. The highest BCUT2D eigenvalue weighted by atomic mass is 15.2. The van der Waals surface area contributed by atoms with E-state index < -0.39 is 0 Å². The first kappa shape index (κ1) is 7.56. The largest absolute Gasteiger partial charge is 0.312 e. The van der Waals surface area contributed by atoms with Gasteiger partial charge in [-0.25, -0.2) is 0 Å². The van der Waals surface area contributed by atoms with Gasteiger partial charge < -0.3 is 10.2 Å². The molecule has 11 heavy (non-hydrogen) atoms. The summed E-state index contributed by atoms with van der Waals surface area (Å²) in [5.41, 5.74) is 0. The fourth-order valence-corrected chi connectivity index (χ4v) is 2.48. The average Bonchev–Trinajstić information content (AvgIpc) is 2.06. The molecule has 0 bridgehead atoms. The second-order valence-corrected chi connectivity index (χ2v) is 3.89. The van der Waals surface area contributed by atoms with Crippen molar-refractivity contribution in [2.45, 2.75) is 37.8 Å². The van der Waals surface area contributed by atoms with Crippen LogP contribution in [-0.4, -0.2) is 37.1 Å². The van der Waals surface area contributed by atoms with E-state index in [9.17, 15) is 0 Å². The molecule has 2 heteroatoms. The minimum Gasteiger partial charge on any atom is -0.312 e. The van der Waals surface area contributed by atoms with Crippen molar-refractivity contribution in [1.29, 1.82) is 0 Å². The van der Waals surface area contributed by atoms with Crippen molar-refractivity contribution in [2.24, 2.45) is 0 Å². The summed E-state index contributed by atoms with van der Waals surface area (Å²) >= 11 is 0. The van der Waals surface area contributed by atoms with Crippen molar-refractivity contribution >= 4 is 0 Å². The number of rotatable bonds is 0. The molecule has 1 N–H and O–H groups in total. The predicted octanol–water partition coefficient (Wildman–Crippen LogP) is 0.833. The quantitative estimate of drug-likeness (QED) is 0.556. The number of fused-ring (bicyclic) bond motifs is 1. The molecule has 2 heterocycles. The maximum Gasteiger partial charge on any atom is 0.0246 e. The Labute approximate surface area is 69.0 Å². The molecule has 0 aromatic heterocycles. The van der Waals surface area contributed by atoms with E-state index in [1.54, 1.807) is 0 Å². The van der Waals surface area contributed by atoms with Crippen molar-refractivity contribution in [2.75, 3.05) is 20.1 Å². The van der Waals surface area contributed by atoms with E-state index in [1.807, 2.05) is 0 Å². The lowest BCUT2D eigenvalue weighted by atomic mass is 9.90. The van der Waals surface area contributed by atoms with Gasteiger partial charge in [-0.15, -0.1) is 0 Å². The molecular formula is C9H18N2. The van der Waals surface area contributed by atoms with E-state index in [0.717, 1.165) is 12.1 Å². The molecule has 2 fully saturated rings. The molecule has 0 spiro atoms. The molecular weight excluding hydrogens is 136 g/mol. The minimum atomic E-state index is 0.808. The average molecular weight is 154 g/mol. The lowest BCUT2D eigenvalue weighted by molar-refractivity contribution is 0.113. The monoisotopic (exact) mass is 154 g/mol. The molecule has 0 saturated carbocycles. The first-order valence-corrected chi connectivity index (χ1v) is 4.81. The van der Waals surface area contributed by atoms with Gasteiger partial charge in [0.1, 0.15) is 0 Å². The molecule has 0 aromatic rings. The highest BCUT2D eigenvalue weighted by Gasteiger charge is 2.30. The van der Waals surface area contributed by atoms with Gasteiger partial charge in [0.05, 0.1) is 0 Å². The highest BCUT2D eigenvalue weighted by molar-refractivity contribution is 4.90. The van der Waals surface area contributed by atoms with Crippen LogP contribution in [0.3, 0.4) is 0 Å². The van der Waals surface area contributed by atoms with Crippen LogP contribution in [0.1, 0.15) is 25.7 Å². The van der Waals surface area contributed by atoms with E-state index in [-0.39, 0.29) is 0 Å². The van der Waals surface area contributed by atoms with Gasteiger partial charge in [0.15, 0.2) is 0 Å². The molecule has 0 aliphatic carbocycles. The van der Waals surface area contributed by atoms with Gasteiger partial charge in [0, 0.05) is 12.1 Å². The molecule has 2 nitrogen and oxygen atoms in total. The van der Waals surface area contributed by atoms with E-state index >= 15 is 0 Å². The Kier molecular flexibility index (Phi) is 2.14. The predicted molar refractivity (Wildman–Crippen MR) is 46.7 cm³/mol. The third-order valence-electron chi connectivity index (χ3n) is 3.14. The summed E-state index contributed by atoms with van der Waals surface area (Å²) in [5.74, 6) is 0. The molecule has 2 atom stereocenters.